The highest BCUT2D eigenvalue weighted by Gasteiger charge is 2.24. The van der Waals surface area contributed by atoms with E-state index in [1.807, 2.05) is 16.9 Å². The molecule has 1 aliphatic carbocycles. The van der Waals surface area contributed by atoms with E-state index in [-0.39, 0.29) is 22.7 Å². The smallest absolute Gasteiger partial charge is 0.250 e. The van der Waals surface area contributed by atoms with Crippen LogP contribution in [0, 0.1) is 0 Å². The highest BCUT2D eigenvalue weighted by molar-refractivity contribution is 7.91. The first-order valence-electron chi connectivity index (χ1n) is 7.86. The monoisotopic (exact) mass is 368 g/mol. The molecule has 1 saturated carbocycles. The summed E-state index contributed by atoms with van der Waals surface area (Å²) in [5, 5.41) is 8.86. The molecule has 130 valence electrons. The fourth-order valence-corrected chi connectivity index (χ4v) is 4.93. The Morgan fingerprint density at radius 3 is 2.71 bits per heavy atom. The number of hydrogen-bond donors (Lipinski definition) is 2. The topological polar surface area (TPSA) is 93.1 Å². The van der Waals surface area contributed by atoms with Gasteiger partial charge in [0.1, 0.15) is 4.21 Å². The van der Waals surface area contributed by atoms with Crippen LogP contribution >= 0.6 is 11.3 Å². The SMILES string of the molecule is O=C(CNS(=O)(=O)c1cccs1)NC1CCC(n2cccn2)CC1. The van der Waals surface area contributed by atoms with E-state index < -0.39 is 10.0 Å². The molecule has 1 aliphatic rings. The second kappa shape index (κ2) is 7.45. The van der Waals surface area contributed by atoms with E-state index in [9.17, 15) is 13.2 Å². The zero-order valence-corrected chi connectivity index (χ0v) is 14.7. The number of thiophene rings is 1. The molecule has 0 bridgehead atoms. The number of carbonyl (C=O) groups excluding carboxylic acids is 1. The van der Waals surface area contributed by atoms with E-state index in [1.54, 1.807) is 17.6 Å². The number of amides is 1. The Morgan fingerprint density at radius 2 is 2.08 bits per heavy atom. The Morgan fingerprint density at radius 1 is 1.29 bits per heavy atom. The van der Waals surface area contributed by atoms with Crippen LogP contribution in [0.4, 0.5) is 0 Å². The Balaban J connectivity index is 1.43. The lowest BCUT2D eigenvalue weighted by molar-refractivity contribution is -0.120. The Hall–Kier alpha value is -1.71. The summed E-state index contributed by atoms with van der Waals surface area (Å²) in [6.07, 6.45) is 7.37. The number of sulfonamides is 1. The molecule has 0 spiro atoms. The average molecular weight is 368 g/mol. The number of nitrogens with zero attached hydrogens (tertiary/aromatic N) is 2. The maximum absolute atomic E-state index is 12.0. The van der Waals surface area contributed by atoms with Crippen LogP contribution in [-0.2, 0) is 14.8 Å². The molecule has 0 saturated heterocycles. The maximum Gasteiger partial charge on any atom is 0.250 e. The molecule has 0 radical (unpaired) electrons. The predicted octanol–water partition coefficient (Wildman–Crippen LogP) is 1.52. The summed E-state index contributed by atoms with van der Waals surface area (Å²) in [5.74, 6) is -0.294. The van der Waals surface area contributed by atoms with Crippen molar-refractivity contribution >= 4 is 27.3 Å². The van der Waals surface area contributed by atoms with Gasteiger partial charge in [0.25, 0.3) is 10.0 Å². The van der Waals surface area contributed by atoms with E-state index >= 15 is 0 Å². The number of rotatable bonds is 6. The van der Waals surface area contributed by atoms with Gasteiger partial charge in [0.2, 0.25) is 5.91 Å². The van der Waals surface area contributed by atoms with E-state index in [0.717, 1.165) is 37.0 Å². The van der Waals surface area contributed by atoms with Crippen molar-refractivity contribution in [2.24, 2.45) is 0 Å². The first-order chi connectivity index (χ1) is 11.5. The maximum atomic E-state index is 12.0. The number of carbonyl (C=O) groups is 1. The lowest BCUT2D eigenvalue weighted by Crippen LogP contribution is -2.43. The van der Waals surface area contributed by atoms with Crippen LogP contribution in [0.3, 0.4) is 0 Å². The van der Waals surface area contributed by atoms with Crippen LogP contribution in [0.25, 0.3) is 0 Å². The van der Waals surface area contributed by atoms with Crippen molar-refractivity contribution in [2.75, 3.05) is 6.54 Å². The Bertz CT molecular complexity index is 749. The van der Waals surface area contributed by atoms with Gasteiger partial charge in [0.15, 0.2) is 0 Å². The summed E-state index contributed by atoms with van der Waals surface area (Å²) in [6, 6.07) is 5.56. The average Bonchev–Trinajstić information content (AvgIpc) is 3.27. The van der Waals surface area contributed by atoms with Crippen molar-refractivity contribution in [3.63, 3.8) is 0 Å². The molecule has 0 aromatic carbocycles. The van der Waals surface area contributed by atoms with Crippen molar-refractivity contribution in [1.82, 2.24) is 19.8 Å². The van der Waals surface area contributed by atoms with Gasteiger partial charge in [0.05, 0.1) is 12.6 Å². The minimum absolute atomic E-state index is 0.0931. The van der Waals surface area contributed by atoms with Gasteiger partial charge in [-0.3, -0.25) is 9.48 Å². The fraction of sp³-hybridized carbons (Fsp3) is 0.467. The van der Waals surface area contributed by atoms with Crippen molar-refractivity contribution in [1.29, 1.82) is 0 Å². The van der Waals surface area contributed by atoms with Gasteiger partial charge in [-0.1, -0.05) is 6.07 Å². The van der Waals surface area contributed by atoms with Crippen molar-refractivity contribution in [3.8, 4) is 0 Å². The molecule has 1 fully saturated rings. The number of aromatic nitrogens is 2. The van der Waals surface area contributed by atoms with Crippen molar-refractivity contribution < 1.29 is 13.2 Å². The number of hydrogen-bond acceptors (Lipinski definition) is 5. The third kappa shape index (κ3) is 4.22. The number of nitrogens with one attached hydrogen (secondary N) is 2. The van der Waals surface area contributed by atoms with Gasteiger partial charge >= 0.3 is 0 Å². The summed E-state index contributed by atoms with van der Waals surface area (Å²) < 4.78 is 28.5. The first-order valence-corrected chi connectivity index (χ1v) is 10.2. The summed E-state index contributed by atoms with van der Waals surface area (Å²) in [4.78, 5) is 12.0. The Kier molecular flexibility index (Phi) is 5.32. The van der Waals surface area contributed by atoms with Crippen LogP contribution in [0.5, 0.6) is 0 Å². The van der Waals surface area contributed by atoms with Gasteiger partial charge in [-0.2, -0.15) is 5.10 Å². The molecule has 0 atom stereocenters. The summed E-state index contributed by atoms with van der Waals surface area (Å²) in [7, 11) is -3.60. The first kappa shape index (κ1) is 17.1. The highest BCUT2D eigenvalue weighted by Crippen LogP contribution is 2.27. The van der Waals surface area contributed by atoms with Gasteiger partial charge in [-0.25, -0.2) is 13.1 Å². The molecule has 1 amide bonds. The minimum Gasteiger partial charge on any atom is -0.352 e. The van der Waals surface area contributed by atoms with E-state index in [4.69, 9.17) is 0 Å². The lowest BCUT2D eigenvalue weighted by Gasteiger charge is -2.29. The van der Waals surface area contributed by atoms with Crippen LogP contribution in [0.1, 0.15) is 31.7 Å². The van der Waals surface area contributed by atoms with Gasteiger partial charge in [-0.15, -0.1) is 11.3 Å². The van der Waals surface area contributed by atoms with E-state index in [0.29, 0.717) is 6.04 Å². The van der Waals surface area contributed by atoms with Gasteiger partial charge < -0.3 is 5.32 Å². The van der Waals surface area contributed by atoms with Gasteiger partial charge in [0, 0.05) is 18.4 Å². The van der Waals surface area contributed by atoms with Crippen molar-refractivity contribution in [2.45, 2.75) is 42.0 Å². The lowest BCUT2D eigenvalue weighted by atomic mass is 9.91. The molecule has 9 heteroatoms. The molecule has 3 rings (SSSR count). The molecule has 2 heterocycles. The molecule has 24 heavy (non-hydrogen) atoms. The van der Waals surface area contributed by atoms with Crippen molar-refractivity contribution in [3.05, 3.63) is 36.0 Å². The predicted molar refractivity (Wildman–Crippen MR) is 91.2 cm³/mol. The molecule has 0 aliphatic heterocycles. The summed E-state index contributed by atoms with van der Waals surface area (Å²) >= 11 is 1.13. The highest BCUT2D eigenvalue weighted by atomic mass is 32.2. The summed E-state index contributed by atoms with van der Waals surface area (Å²) in [5.41, 5.74) is 0. The third-order valence-corrected chi connectivity index (χ3v) is 6.94. The van der Waals surface area contributed by atoms with Crippen LogP contribution < -0.4 is 10.0 Å². The Labute approximate surface area is 145 Å². The second-order valence-corrected chi connectivity index (χ2v) is 8.76. The van der Waals surface area contributed by atoms with E-state index in [1.165, 1.54) is 6.07 Å². The largest absolute Gasteiger partial charge is 0.352 e. The quantitative estimate of drug-likeness (QED) is 0.808. The molecular formula is C15H20N4O3S2. The normalized spacial score (nSPS) is 21.5. The van der Waals surface area contributed by atoms with Gasteiger partial charge in [-0.05, 0) is 43.2 Å². The zero-order valence-electron chi connectivity index (χ0n) is 13.1. The van der Waals surface area contributed by atoms with Crippen LogP contribution in [-0.4, -0.2) is 36.7 Å². The van der Waals surface area contributed by atoms with Crippen LogP contribution in [0.2, 0.25) is 0 Å². The zero-order chi connectivity index (χ0) is 17.0. The standard InChI is InChI=1S/C15H20N4O3S2/c20-14(11-17-24(21,22)15-3-1-10-23-15)18-12-4-6-13(7-5-12)19-9-2-8-16-19/h1-3,8-10,12-13,17H,4-7,11H2,(H,18,20). The summed E-state index contributed by atoms with van der Waals surface area (Å²) in [6.45, 7) is -0.237. The molecule has 2 aromatic heterocycles. The third-order valence-electron chi connectivity index (χ3n) is 4.14. The second-order valence-electron chi connectivity index (χ2n) is 5.82. The fourth-order valence-electron chi connectivity index (χ4n) is 2.91. The molecular weight excluding hydrogens is 348 g/mol. The van der Waals surface area contributed by atoms with E-state index in [2.05, 4.69) is 15.1 Å². The minimum atomic E-state index is -3.60. The molecule has 2 aromatic rings. The molecule has 0 unspecified atom stereocenters. The molecule has 2 N–H and O–H groups in total. The van der Waals surface area contributed by atoms with Crippen LogP contribution in [0.15, 0.2) is 40.2 Å². The molecule has 7 nitrogen and oxygen atoms in total.